The Morgan fingerprint density at radius 1 is 1.08 bits per heavy atom. The van der Waals surface area contributed by atoms with Crippen LogP contribution < -0.4 is 10.2 Å². The highest BCUT2D eigenvalue weighted by Crippen LogP contribution is 2.37. The first kappa shape index (κ1) is 19.6. The summed E-state index contributed by atoms with van der Waals surface area (Å²) in [4.78, 5) is 0.120. The summed E-state index contributed by atoms with van der Waals surface area (Å²) in [6.45, 7) is 9.27. The second-order valence-electron chi connectivity index (χ2n) is 7.52. The maximum atomic E-state index is 13.1. The van der Waals surface area contributed by atoms with E-state index in [9.17, 15) is 8.42 Å². The van der Waals surface area contributed by atoms with Crippen LogP contribution in [0.2, 0.25) is 0 Å². The molecule has 2 fully saturated rings. The Hall–Kier alpha value is -1.13. The molecule has 0 spiro atoms. The van der Waals surface area contributed by atoms with Gasteiger partial charge in [0.2, 0.25) is 10.0 Å². The van der Waals surface area contributed by atoms with Crippen molar-refractivity contribution in [1.82, 2.24) is 4.31 Å². The van der Waals surface area contributed by atoms with Gasteiger partial charge in [0, 0.05) is 13.1 Å². The Kier molecular flexibility index (Phi) is 5.13. The summed E-state index contributed by atoms with van der Waals surface area (Å²) in [5.74, 6) is 0.303. The molecule has 2 heterocycles. The number of methoxy groups -OCH3 is 1. The topological polar surface area (TPSA) is 74.3 Å². The van der Waals surface area contributed by atoms with E-state index in [1.807, 2.05) is 27.7 Å². The van der Waals surface area contributed by atoms with Crippen molar-refractivity contribution in [3.8, 4) is 5.75 Å². The average molecular weight is 383 g/mol. The zero-order valence-electron chi connectivity index (χ0n) is 15.9. The fourth-order valence-corrected chi connectivity index (χ4v) is 4.55. The smallest absolute Gasteiger partial charge is 0.494 e. The van der Waals surface area contributed by atoms with Crippen LogP contribution in [-0.4, -0.2) is 64.5 Å². The highest BCUT2D eigenvalue weighted by molar-refractivity contribution is 7.89. The van der Waals surface area contributed by atoms with Crippen LogP contribution in [0.25, 0.3) is 0 Å². The summed E-state index contributed by atoms with van der Waals surface area (Å²) in [7, 11) is -2.87. The zero-order valence-corrected chi connectivity index (χ0v) is 16.8. The number of hydrogen-bond acceptors (Lipinski definition) is 6. The first-order valence-electron chi connectivity index (χ1n) is 8.70. The molecular weight excluding hydrogens is 357 g/mol. The quantitative estimate of drug-likeness (QED) is 0.723. The van der Waals surface area contributed by atoms with Gasteiger partial charge in [0.25, 0.3) is 0 Å². The monoisotopic (exact) mass is 383 g/mol. The van der Waals surface area contributed by atoms with Gasteiger partial charge in [-0.3, -0.25) is 0 Å². The van der Waals surface area contributed by atoms with Gasteiger partial charge in [0.05, 0.1) is 31.5 Å². The van der Waals surface area contributed by atoms with Crippen LogP contribution in [0.4, 0.5) is 0 Å². The summed E-state index contributed by atoms with van der Waals surface area (Å²) in [5.41, 5.74) is -0.349. The SMILES string of the molecule is COc1ccc(B2OC(C)(C)C(C)(C)O2)cc1S(=O)(=O)N1CCOCC1. The van der Waals surface area contributed by atoms with E-state index in [1.165, 1.54) is 11.4 Å². The van der Waals surface area contributed by atoms with Gasteiger partial charge in [-0.05, 0) is 45.3 Å². The van der Waals surface area contributed by atoms with Gasteiger partial charge >= 0.3 is 7.12 Å². The highest BCUT2D eigenvalue weighted by Gasteiger charge is 2.52. The third-order valence-electron chi connectivity index (χ3n) is 5.30. The molecule has 9 heteroatoms. The standard InChI is InChI=1S/C17H26BNO6S/c1-16(2)17(3,4)25-18(24-16)13-6-7-14(22-5)15(12-13)26(20,21)19-8-10-23-11-9-19/h6-7,12H,8-11H2,1-5H3. The molecule has 1 aromatic rings. The van der Waals surface area contributed by atoms with Crippen LogP contribution in [0.1, 0.15) is 27.7 Å². The van der Waals surface area contributed by atoms with E-state index < -0.39 is 28.3 Å². The van der Waals surface area contributed by atoms with Gasteiger partial charge in [-0.15, -0.1) is 0 Å². The molecular formula is C17H26BNO6S. The van der Waals surface area contributed by atoms with Crippen molar-refractivity contribution in [1.29, 1.82) is 0 Å². The number of rotatable bonds is 4. The average Bonchev–Trinajstić information content (AvgIpc) is 2.83. The number of benzene rings is 1. The molecule has 0 N–H and O–H groups in total. The molecule has 3 rings (SSSR count). The minimum atomic E-state index is -3.70. The van der Waals surface area contributed by atoms with Gasteiger partial charge in [-0.1, -0.05) is 6.07 Å². The van der Waals surface area contributed by atoms with E-state index in [-0.39, 0.29) is 4.90 Å². The van der Waals surface area contributed by atoms with Crippen molar-refractivity contribution in [3.05, 3.63) is 18.2 Å². The van der Waals surface area contributed by atoms with E-state index in [4.69, 9.17) is 18.8 Å². The van der Waals surface area contributed by atoms with Crippen molar-refractivity contribution in [2.24, 2.45) is 0 Å². The van der Waals surface area contributed by atoms with E-state index in [2.05, 4.69) is 0 Å². The van der Waals surface area contributed by atoms with Gasteiger partial charge in [0.1, 0.15) is 10.6 Å². The third-order valence-corrected chi connectivity index (χ3v) is 7.22. The molecule has 7 nitrogen and oxygen atoms in total. The zero-order chi connectivity index (χ0) is 19.2. The molecule has 0 saturated carbocycles. The Morgan fingerprint density at radius 3 is 2.19 bits per heavy atom. The molecule has 0 unspecified atom stereocenters. The highest BCUT2D eigenvalue weighted by atomic mass is 32.2. The summed E-state index contributed by atoms with van der Waals surface area (Å²) in [5, 5.41) is 0. The lowest BCUT2D eigenvalue weighted by Gasteiger charge is -2.32. The molecule has 0 radical (unpaired) electrons. The second kappa shape index (κ2) is 6.80. The van der Waals surface area contributed by atoms with Crippen LogP contribution in [0, 0.1) is 0 Å². The Balaban J connectivity index is 1.98. The minimum Gasteiger partial charge on any atom is -0.495 e. The van der Waals surface area contributed by atoms with Crippen LogP contribution in [0.3, 0.4) is 0 Å². The van der Waals surface area contributed by atoms with Crippen LogP contribution in [-0.2, 0) is 24.1 Å². The molecule has 0 amide bonds. The largest absolute Gasteiger partial charge is 0.495 e. The molecule has 2 aliphatic rings. The second-order valence-corrected chi connectivity index (χ2v) is 9.42. The van der Waals surface area contributed by atoms with Crippen molar-refractivity contribution >= 4 is 22.6 Å². The first-order chi connectivity index (χ1) is 12.1. The molecule has 2 aliphatic heterocycles. The van der Waals surface area contributed by atoms with Crippen molar-refractivity contribution in [3.63, 3.8) is 0 Å². The molecule has 2 saturated heterocycles. The fraction of sp³-hybridized carbons (Fsp3) is 0.647. The Morgan fingerprint density at radius 2 is 1.65 bits per heavy atom. The first-order valence-corrected chi connectivity index (χ1v) is 10.1. The van der Waals surface area contributed by atoms with Crippen molar-refractivity contribution in [2.75, 3.05) is 33.4 Å². The molecule has 0 bridgehead atoms. The number of morpholine rings is 1. The lowest BCUT2D eigenvalue weighted by atomic mass is 9.79. The number of nitrogens with zero attached hydrogens (tertiary/aromatic N) is 1. The van der Waals surface area contributed by atoms with Gasteiger partial charge in [-0.2, -0.15) is 4.31 Å². The van der Waals surface area contributed by atoms with E-state index >= 15 is 0 Å². The maximum Gasteiger partial charge on any atom is 0.494 e. The number of sulfonamides is 1. The molecule has 0 atom stereocenters. The molecule has 144 valence electrons. The normalized spacial score (nSPS) is 23.2. The Bertz CT molecular complexity index is 757. The van der Waals surface area contributed by atoms with Gasteiger partial charge in [0.15, 0.2) is 0 Å². The van der Waals surface area contributed by atoms with Crippen LogP contribution in [0.5, 0.6) is 5.75 Å². The van der Waals surface area contributed by atoms with E-state index in [0.717, 1.165) is 0 Å². The Labute approximate surface area is 155 Å². The summed E-state index contributed by atoms with van der Waals surface area (Å²) < 4.78 is 50.3. The fourth-order valence-electron chi connectivity index (χ4n) is 2.95. The van der Waals surface area contributed by atoms with Crippen LogP contribution in [0.15, 0.2) is 23.1 Å². The number of ether oxygens (including phenoxy) is 2. The lowest BCUT2D eigenvalue weighted by Crippen LogP contribution is -2.41. The summed E-state index contributed by atoms with van der Waals surface area (Å²) >= 11 is 0. The van der Waals surface area contributed by atoms with Gasteiger partial charge < -0.3 is 18.8 Å². The van der Waals surface area contributed by atoms with E-state index in [1.54, 1.807) is 18.2 Å². The summed E-state index contributed by atoms with van der Waals surface area (Å²) in [6.07, 6.45) is 0. The predicted molar refractivity (Wildman–Crippen MR) is 98.3 cm³/mol. The lowest BCUT2D eigenvalue weighted by molar-refractivity contribution is 0.00578. The van der Waals surface area contributed by atoms with Crippen LogP contribution >= 0.6 is 0 Å². The van der Waals surface area contributed by atoms with Crippen molar-refractivity contribution in [2.45, 2.75) is 43.8 Å². The minimum absolute atomic E-state index is 0.120. The predicted octanol–water partition coefficient (Wildman–Crippen LogP) is 1.02. The van der Waals surface area contributed by atoms with Gasteiger partial charge in [-0.25, -0.2) is 8.42 Å². The molecule has 26 heavy (non-hydrogen) atoms. The van der Waals surface area contributed by atoms with E-state index in [0.29, 0.717) is 37.5 Å². The van der Waals surface area contributed by atoms with Crippen molar-refractivity contribution < 1.29 is 27.2 Å². The number of hydrogen-bond donors (Lipinski definition) is 0. The maximum absolute atomic E-state index is 13.1. The summed E-state index contributed by atoms with van der Waals surface area (Å²) in [6, 6.07) is 5.01. The third kappa shape index (κ3) is 3.38. The molecule has 0 aromatic heterocycles. The molecule has 1 aromatic carbocycles. The molecule has 0 aliphatic carbocycles.